The van der Waals surface area contributed by atoms with E-state index >= 15 is 0 Å². The van der Waals surface area contributed by atoms with Gasteiger partial charge in [-0.3, -0.25) is 0 Å². The highest BCUT2D eigenvalue weighted by molar-refractivity contribution is 6.31. The molecule has 0 bridgehead atoms. The predicted molar refractivity (Wildman–Crippen MR) is 77.0 cm³/mol. The third-order valence-electron chi connectivity index (χ3n) is 3.85. The Hall–Kier alpha value is -1.35. The summed E-state index contributed by atoms with van der Waals surface area (Å²) in [6.45, 7) is 6.25. The first-order valence-corrected chi connectivity index (χ1v) is 7.14. The Morgan fingerprint density at radius 2 is 2.16 bits per heavy atom. The van der Waals surface area contributed by atoms with Crippen molar-refractivity contribution in [2.45, 2.75) is 40.0 Å². The van der Waals surface area contributed by atoms with Crippen molar-refractivity contribution in [3.63, 3.8) is 0 Å². The Morgan fingerprint density at radius 3 is 2.95 bits per heavy atom. The number of hydrogen-bond donors (Lipinski definition) is 0. The first kappa shape index (κ1) is 12.7. The van der Waals surface area contributed by atoms with Gasteiger partial charge in [0.05, 0.1) is 16.4 Å². The Bertz CT molecular complexity index is 631. The number of nitrogens with zero attached hydrogens (tertiary/aromatic N) is 3. The van der Waals surface area contributed by atoms with E-state index in [2.05, 4.69) is 18.1 Å². The molecule has 2 aromatic rings. The maximum absolute atomic E-state index is 6.10. The maximum atomic E-state index is 6.10. The fourth-order valence-electron chi connectivity index (χ4n) is 2.69. The molecule has 0 saturated carbocycles. The molecule has 100 valence electrons. The average molecular weight is 276 g/mol. The third kappa shape index (κ3) is 2.27. The summed E-state index contributed by atoms with van der Waals surface area (Å²) in [7, 11) is 0. The van der Waals surface area contributed by atoms with Crippen LogP contribution in [0.5, 0.6) is 0 Å². The molecule has 2 aromatic heterocycles. The van der Waals surface area contributed by atoms with E-state index in [0.29, 0.717) is 5.02 Å². The van der Waals surface area contributed by atoms with Crippen molar-refractivity contribution in [2.75, 3.05) is 0 Å². The molecule has 1 atom stereocenters. The monoisotopic (exact) mass is 275 g/mol. The highest BCUT2D eigenvalue weighted by Gasteiger charge is 2.19. The van der Waals surface area contributed by atoms with Crippen LogP contribution < -0.4 is 0 Å². The molecule has 1 unspecified atom stereocenters. The normalized spacial score (nSPS) is 18.4. The fourth-order valence-corrected chi connectivity index (χ4v) is 2.89. The van der Waals surface area contributed by atoms with Crippen LogP contribution in [0.3, 0.4) is 0 Å². The lowest BCUT2D eigenvalue weighted by atomic mass is 9.89. The van der Waals surface area contributed by atoms with Gasteiger partial charge in [0.25, 0.3) is 0 Å². The molecule has 0 saturated heterocycles. The van der Waals surface area contributed by atoms with E-state index in [-0.39, 0.29) is 0 Å². The van der Waals surface area contributed by atoms with E-state index in [1.165, 1.54) is 17.7 Å². The molecule has 4 heteroatoms. The largest absolute Gasteiger partial charge is 0.232 e. The Morgan fingerprint density at radius 1 is 1.37 bits per heavy atom. The van der Waals surface area contributed by atoms with Crippen LogP contribution in [0.25, 0.3) is 5.82 Å². The van der Waals surface area contributed by atoms with E-state index in [1.807, 2.05) is 24.6 Å². The number of rotatable bonds is 1. The molecule has 1 aliphatic rings. The van der Waals surface area contributed by atoms with Gasteiger partial charge in [0.1, 0.15) is 0 Å². The summed E-state index contributed by atoms with van der Waals surface area (Å²) in [4.78, 5) is 4.57. The van der Waals surface area contributed by atoms with E-state index < -0.39 is 0 Å². The second kappa shape index (κ2) is 4.64. The predicted octanol–water partition coefficient (Wildman–Crippen LogP) is 3.66. The zero-order valence-electron chi connectivity index (χ0n) is 11.6. The van der Waals surface area contributed by atoms with Crippen LogP contribution >= 0.6 is 11.6 Å². The summed E-state index contributed by atoms with van der Waals surface area (Å²) < 4.78 is 1.92. The Labute approximate surface area is 118 Å². The maximum Gasteiger partial charge on any atom is 0.156 e. The van der Waals surface area contributed by atoms with Crippen LogP contribution in [-0.4, -0.2) is 14.8 Å². The van der Waals surface area contributed by atoms with E-state index in [1.54, 1.807) is 0 Å². The molecule has 0 aliphatic heterocycles. The number of pyridine rings is 1. The number of fused-ring (bicyclic) bond motifs is 1. The van der Waals surface area contributed by atoms with Gasteiger partial charge in [-0.25, -0.2) is 9.67 Å². The van der Waals surface area contributed by atoms with Gasteiger partial charge in [-0.15, -0.1) is 0 Å². The number of aromatic nitrogens is 3. The first-order chi connectivity index (χ1) is 9.04. The molecule has 2 heterocycles. The minimum Gasteiger partial charge on any atom is -0.232 e. The second-order valence-corrected chi connectivity index (χ2v) is 6.00. The molecule has 0 fully saturated rings. The lowest BCUT2D eigenvalue weighted by molar-refractivity contribution is 0.497. The number of halogens is 1. The molecule has 3 rings (SSSR count). The van der Waals surface area contributed by atoms with Gasteiger partial charge in [-0.1, -0.05) is 18.5 Å². The quantitative estimate of drug-likeness (QED) is 0.795. The van der Waals surface area contributed by atoms with Crippen molar-refractivity contribution in [1.29, 1.82) is 0 Å². The highest BCUT2D eigenvalue weighted by Crippen LogP contribution is 2.26. The van der Waals surface area contributed by atoms with Crippen molar-refractivity contribution in [1.82, 2.24) is 14.8 Å². The summed E-state index contributed by atoms with van der Waals surface area (Å²) >= 11 is 6.10. The topological polar surface area (TPSA) is 30.7 Å². The molecule has 0 amide bonds. The molecular formula is C15H18ClN3. The summed E-state index contributed by atoms with van der Waals surface area (Å²) in [5.41, 5.74) is 4.51. The lowest BCUT2D eigenvalue weighted by Gasteiger charge is -2.15. The van der Waals surface area contributed by atoms with Crippen LogP contribution in [0.2, 0.25) is 5.02 Å². The molecule has 0 N–H and O–H groups in total. The summed E-state index contributed by atoms with van der Waals surface area (Å²) in [6.07, 6.45) is 5.57. The smallest absolute Gasteiger partial charge is 0.156 e. The van der Waals surface area contributed by atoms with Crippen molar-refractivity contribution < 1.29 is 0 Å². The van der Waals surface area contributed by atoms with Crippen LogP contribution in [0.4, 0.5) is 0 Å². The summed E-state index contributed by atoms with van der Waals surface area (Å²) in [6, 6.07) is 1.96. The molecule has 0 aromatic carbocycles. The number of hydrogen-bond acceptors (Lipinski definition) is 2. The van der Waals surface area contributed by atoms with Crippen LogP contribution in [0.1, 0.15) is 35.9 Å². The van der Waals surface area contributed by atoms with E-state index in [4.69, 9.17) is 16.7 Å². The molecule has 0 radical (unpaired) electrons. The van der Waals surface area contributed by atoms with Crippen molar-refractivity contribution in [2.24, 2.45) is 5.92 Å². The lowest BCUT2D eigenvalue weighted by Crippen LogP contribution is -2.09. The average Bonchev–Trinajstić information content (AvgIpc) is 2.76. The van der Waals surface area contributed by atoms with Gasteiger partial charge in [0.15, 0.2) is 5.82 Å². The van der Waals surface area contributed by atoms with E-state index in [9.17, 15) is 0 Å². The zero-order valence-corrected chi connectivity index (χ0v) is 12.3. The molecule has 19 heavy (non-hydrogen) atoms. The minimum atomic E-state index is 0.715. The van der Waals surface area contributed by atoms with Crippen molar-refractivity contribution in [3.8, 4) is 5.82 Å². The Kier molecular flexibility index (Phi) is 3.09. The molecule has 0 spiro atoms. The van der Waals surface area contributed by atoms with Gasteiger partial charge < -0.3 is 0 Å². The fraction of sp³-hybridized carbons (Fsp3) is 0.467. The van der Waals surface area contributed by atoms with Crippen LogP contribution in [-0.2, 0) is 12.8 Å². The molecular weight excluding hydrogens is 258 g/mol. The summed E-state index contributed by atoms with van der Waals surface area (Å²) in [5.74, 6) is 1.65. The van der Waals surface area contributed by atoms with Crippen LogP contribution in [0, 0.1) is 19.8 Å². The van der Waals surface area contributed by atoms with Gasteiger partial charge in [0.2, 0.25) is 0 Å². The van der Waals surface area contributed by atoms with Gasteiger partial charge in [-0.05, 0) is 56.2 Å². The second-order valence-electron chi connectivity index (χ2n) is 5.59. The standard InChI is InChI=1S/C15H18ClN3/c1-9-4-5-14-12(6-9)8-19(18-14)15-10(2)7-13(16)11(3)17-15/h7-9H,4-6H2,1-3H3. The van der Waals surface area contributed by atoms with Gasteiger partial charge >= 0.3 is 0 Å². The third-order valence-corrected chi connectivity index (χ3v) is 4.23. The van der Waals surface area contributed by atoms with E-state index in [0.717, 1.165) is 35.8 Å². The van der Waals surface area contributed by atoms with Gasteiger partial charge in [-0.2, -0.15) is 5.10 Å². The summed E-state index contributed by atoms with van der Waals surface area (Å²) in [5, 5.41) is 5.41. The van der Waals surface area contributed by atoms with Gasteiger partial charge in [0, 0.05) is 6.20 Å². The Balaban J connectivity index is 2.06. The van der Waals surface area contributed by atoms with Crippen molar-refractivity contribution in [3.05, 3.63) is 39.8 Å². The molecule has 3 nitrogen and oxygen atoms in total. The SMILES string of the molecule is Cc1cc(Cl)c(C)nc1-n1cc2c(n1)CCC(C)C2. The zero-order chi connectivity index (χ0) is 13.6. The van der Waals surface area contributed by atoms with Crippen LogP contribution in [0.15, 0.2) is 12.3 Å². The van der Waals surface area contributed by atoms with Crippen molar-refractivity contribution >= 4 is 11.6 Å². The minimum absolute atomic E-state index is 0.715. The highest BCUT2D eigenvalue weighted by atomic mass is 35.5. The molecule has 1 aliphatic carbocycles. The first-order valence-electron chi connectivity index (χ1n) is 6.76. The number of aryl methyl sites for hydroxylation is 3.